The van der Waals surface area contributed by atoms with Crippen molar-refractivity contribution in [3.8, 4) is 0 Å². The Kier molecular flexibility index (Phi) is 2.77. The first-order chi connectivity index (χ1) is 6.76. The van der Waals surface area contributed by atoms with Crippen LogP contribution in [-0.2, 0) is 12.5 Å². The van der Waals surface area contributed by atoms with E-state index in [9.17, 15) is 0 Å². The smallest absolute Gasteiger partial charge is 0.0777 e. The molecule has 0 bridgehead atoms. The molecular weight excluding hydrogens is 216 g/mol. The van der Waals surface area contributed by atoms with E-state index in [0.717, 1.165) is 10.4 Å². The highest BCUT2D eigenvalue weighted by Gasteiger charge is 2.07. The summed E-state index contributed by atoms with van der Waals surface area (Å²) < 4.78 is 1.22. The van der Waals surface area contributed by atoms with E-state index < -0.39 is 0 Å². The number of hydrogen-bond acceptors (Lipinski definition) is 2. The van der Waals surface area contributed by atoms with E-state index in [4.69, 9.17) is 16.7 Å². The van der Waals surface area contributed by atoms with E-state index in [1.807, 2.05) is 13.0 Å². The molecule has 3 heteroatoms. The van der Waals surface area contributed by atoms with Crippen molar-refractivity contribution < 1.29 is 5.11 Å². The van der Waals surface area contributed by atoms with E-state index in [-0.39, 0.29) is 6.61 Å². The molecule has 2 aromatic rings. The molecule has 1 aromatic heterocycles. The van der Waals surface area contributed by atoms with Gasteiger partial charge in [-0.15, -0.1) is 22.9 Å². The Morgan fingerprint density at radius 1 is 1.43 bits per heavy atom. The Labute approximate surface area is 91.9 Å². The highest BCUT2D eigenvalue weighted by Crippen LogP contribution is 2.31. The molecule has 14 heavy (non-hydrogen) atoms. The van der Waals surface area contributed by atoms with Gasteiger partial charge in [0.2, 0.25) is 0 Å². The molecule has 0 fully saturated rings. The van der Waals surface area contributed by atoms with Crippen LogP contribution in [0.4, 0.5) is 0 Å². The van der Waals surface area contributed by atoms with Crippen LogP contribution < -0.4 is 0 Å². The van der Waals surface area contributed by atoms with Crippen molar-refractivity contribution in [1.29, 1.82) is 0 Å². The van der Waals surface area contributed by atoms with Gasteiger partial charge in [0.25, 0.3) is 0 Å². The van der Waals surface area contributed by atoms with Gasteiger partial charge in [0.05, 0.1) is 6.61 Å². The standard InChI is InChI=1S/C11H11ClOS/c1-7-9-4-8(5-12)2-3-10(9)14-11(7)6-13/h2-4,13H,5-6H2,1H3. The van der Waals surface area contributed by atoms with Crippen molar-refractivity contribution in [3.63, 3.8) is 0 Å². The van der Waals surface area contributed by atoms with Gasteiger partial charge >= 0.3 is 0 Å². The molecule has 1 aromatic carbocycles. The molecule has 1 nitrogen and oxygen atoms in total. The highest BCUT2D eigenvalue weighted by molar-refractivity contribution is 7.19. The number of aryl methyl sites for hydroxylation is 1. The van der Waals surface area contributed by atoms with E-state index in [0.29, 0.717) is 5.88 Å². The second-order valence-corrected chi connectivity index (χ2v) is 4.68. The Morgan fingerprint density at radius 3 is 2.86 bits per heavy atom. The molecule has 0 saturated heterocycles. The molecule has 0 aliphatic rings. The lowest BCUT2D eigenvalue weighted by Crippen LogP contribution is -1.80. The normalized spacial score (nSPS) is 11.1. The number of halogens is 1. The fourth-order valence-corrected chi connectivity index (χ4v) is 2.77. The van der Waals surface area contributed by atoms with E-state index >= 15 is 0 Å². The SMILES string of the molecule is Cc1c(CO)sc2ccc(CCl)cc12. The zero-order chi connectivity index (χ0) is 10.1. The monoisotopic (exact) mass is 226 g/mol. The summed E-state index contributed by atoms with van der Waals surface area (Å²) in [6.45, 7) is 2.17. The molecule has 74 valence electrons. The molecule has 0 aliphatic carbocycles. The minimum atomic E-state index is 0.126. The summed E-state index contributed by atoms with van der Waals surface area (Å²) >= 11 is 7.42. The Hall–Kier alpha value is -0.570. The lowest BCUT2D eigenvalue weighted by atomic mass is 10.1. The van der Waals surface area contributed by atoms with E-state index in [1.54, 1.807) is 11.3 Å². The first-order valence-electron chi connectivity index (χ1n) is 4.44. The van der Waals surface area contributed by atoms with Crippen LogP contribution in [0.1, 0.15) is 16.0 Å². The van der Waals surface area contributed by atoms with Crippen LogP contribution >= 0.6 is 22.9 Å². The second-order valence-electron chi connectivity index (χ2n) is 3.27. The summed E-state index contributed by atoms with van der Waals surface area (Å²) in [6.07, 6.45) is 0. The fraction of sp³-hybridized carbons (Fsp3) is 0.273. The largest absolute Gasteiger partial charge is 0.391 e. The number of aliphatic hydroxyl groups excluding tert-OH is 1. The molecule has 0 amide bonds. The van der Waals surface area contributed by atoms with Crippen LogP contribution in [0.25, 0.3) is 10.1 Å². The Bertz CT molecular complexity index is 462. The number of rotatable bonds is 2. The molecule has 2 rings (SSSR count). The summed E-state index contributed by atoms with van der Waals surface area (Å²) in [5.74, 6) is 0.541. The Balaban J connectivity index is 2.68. The van der Waals surface area contributed by atoms with Crippen molar-refractivity contribution in [2.45, 2.75) is 19.4 Å². The number of thiophene rings is 1. The van der Waals surface area contributed by atoms with Gasteiger partial charge in [0, 0.05) is 15.5 Å². The van der Waals surface area contributed by atoms with Crippen molar-refractivity contribution >= 4 is 33.0 Å². The van der Waals surface area contributed by atoms with Crippen LogP contribution in [0, 0.1) is 6.92 Å². The van der Waals surface area contributed by atoms with Gasteiger partial charge in [-0.1, -0.05) is 6.07 Å². The molecule has 1 heterocycles. The third-order valence-electron chi connectivity index (χ3n) is 2.40. The minimum absolute atomic E-state index is 0.126. The Morgan fingerprint density at radius 2 is 2.21 bits per heavy atom. The number of aliphatic hydroxyl groups is 1. The summed E-state index contributed by atoms with van der Waals surface area (Å²) in [4.78, 5) is 1.05. The minimum Gasteiger partial charge on any atom is -0.391 e. The lowest BCUT2D eigenvalue weighted by molar-refractivity contribution is 0.285. The molecular formula is C11H11ClOS. The zero-order valence-corrected chi connectivity index (χ0v) is 9.45. The van der Waals surface area contributed by atoms with Crippen molar-refractivity contribution in [1.82, 2.24) is 0 Å². The topological polar surface area (TPSA) is 20.2 Å². The number of alkyl halides is 1. The zero-order valence-electron chi connectivity index (χ0n) is 7.88. The maximum absolute atomic E-state index is 9.13. The molecule has 0 spiro atoms. The fourth-order valence-electron chi connectivity index (χ4n) is 1.55. The van der Waals surface area contributed by atoms with Crippen LogP contribution in [0.5, 0.6) is 0 Å². The van der Waals surface area contributed by atoms with Crippen LogP contribution in [-0.4, -0.2) is 5.11 Å². The maximum Gasteiger partial charge on any atom is 0.0777 e. The average molecular weight is 227 g/mol. The molecule has 1 N–H and O–H groups in total. The van der Waals surface area contributed by atoms with Crippen molar-refractivity contribution in [2.24, 2.45) is 0 Å². The van der Waals surface area contributed by atoms with Gasteiger partial charge < -0.3 is 5.11 Å². The summed E-state index contributed by atoms with van der Waals surface area (Å²) in [5.41, 5.74) is 2.31. The predicted molar refractivity (Wildman–Crippen MR) is 62.0 cm³/mol. The molecule has 0 radical (unpaired) electrons. The highest BCUT2D eigenvalue weighted by atomic mass is 35.5. The van der Waals surface area contributed by atoms with Gasteiger partial charge in [-0.2, -0.15) is 0 Å². The molecule has 0 atom stereocenters. The third-order valence-corrected chi connectivity index (χ3v) is 3.96. The van der Waals surface area contributed by atoms with E-state index in [1.165, 1.54) is 15.6 Å². The molecule has 0 aliphatic heterocycles. The number of benzene rings is 1. The first-order valence-corrected chi connectivity index (χ1v) is 5.79. The summed E-state index contributed by atoms with van der Waals surface area (Å²) in [7, 11) is 0. The van der Waals surface area contributed by atoms with Gasteiger partial charge in [-0.25, -0.2) is 0 Å². The quantitative estimate of drug-likeness (QED) is 0.778. The lowest BCUT2D eigenvalue weighted by Gasteiger charge is -1.96. The molecule has 0 unspecified atom stereocenters. The van der Waals surface area contributed by atoms with Gasteiger partial charge in [0.1, 0.15) is 0 Å². The summed E-state index contributed by atoms with van der Waals surface area (Å²) in [6, 6.07) is 6.21. The second kappa shape index (κ2) is 3.89. The van der Waals surface area contributed by atoms with Gasteiger partial charge in [-0.05, 0) is 35.6 Å². The van der Waals surface area contributed by atoms with Crippen LogP contribution in [0.3, 0.4) is 0 Å². The van der Waals surface area contributed by atoms with Gasteiger partial charge in [-0.3, -0.25) is 0 Å². The van der Waals surface area contributed by atoms with Crippen LogP contribution in [0.15, 0.2) is 18.2 Å². The number of fused-ring (bicyclic) bond motifs is 1. The first kappa shape index (κ1) is 9.97. The van der Waals surface area contributed by atoms with E-state index in [2.05, 4.69) is 12.1 Å². The number of hydrogen-bond donors (Lipinski definition) is 1. The average Bonchev–Trinajstić information content (AvgIpc) is 2.55. The molecule has 0 saturated carbocycles. The predicted octanol–water partition coefficient (Wildman–Crippen LogP) is 3.44. The van der Waals surface area contributed by atoms with Crippen molar-refractivity contribution in [3.05, 3.63) is 34.2 Å². The van der Waals surface area contributed by atoms with Crippen LogP contribution in [0.2, 0.25) is 0 Å². The maximum atomic E-state index is 9.13. The van der Waals surface area contributed by atoms with Crippen molar-refractivity contribution in [2.75, 3.05) is 0 Å². The van der Waals surface area contributed by atoms with Gasteiger partial charge in [0.15, 0.2) is 0 Å². The summed E-state index contributed by atoms with van der Waals surface area (Å²) in [5, 5.41) is 10.3. The third kappa shape index (κ3) is 1.54.